The summed E-state index contributed by atoms with van der Waals surface area (Å²) in [6, 6.07) is 8.30. The van der Waals surface area contributed by atoms with Crippen molar-refractivity contribution in [2.75, 3.05) is 39.9 Å². The van der Waals surface area contributed by atoms with Gasteiger partial charge in [-0.15, -0.1) is 0 Å². The van der Waals surface area contributed by atoms with Gasteiger partial charge in [-0.25, -0.2) is 0 Å². The molecule has 0 saturated carbocycles. The third-order valence-corrected chi connectivity index (χ3v) is 5.34. The van der Waals surface area contributed by atoms with Gasteiger partial charge in [0.25, 0.3) is 0 Å². The van der Waals surface area contributed by atoms with Crippen molar-refractivity contribution in [1.29, 1.82) is 0 Å². The molecule has 3 heterocycles. The largest absolute Gasteiger partial charge is 0.488 e. The van der Waals surface area contributed by atoms with Crippen LogP contribution < -0.4 is 10.1 Å². The first kappa shape index (κ1) is 14.8. The van der Waals surface area contributed by atoms with Crippen molar-refractivity contribution in [2.24, 2.45) is 10.4 Å². The van der Waals surface area contributed by atoms with Gasteiger partial charge in [-0.1, -0.05) is 18.2 Å². The molecular weight excluding hydrogens is 290 g/mol. The number of likely N-dealkylation sites (tertiary alicyclic amines) is 1. The molecule has 2 unspecified atom stereocenters. The van der Waals surface area contributed by atoms with E-state index in [0.717, 1.165) is 51.0 Å². The summed E-state index contributed by atoms with van der Waals surface area (Å²) in [5, 5.41) is 3.50. The number of aliphatic imine (C=N–C) groups is 1. The minimum atomic E-state index is 0.190. The Morgan fingerprint density at radius 3 is 3.09 bits per heavy atom. The lowest BCUT2D eigenvalue weighted by atomic mass is 9.87. The summed E-state index contributed by atoms with van der Waals surface area (Å²) in [6.45, 7) is 4.73. The highest BCUT2D eigenvalue weighted by Gasteiger charge is 2.42. The van der Waals surface area contributed by atoms with Gasteiger partial charge in [0.2, 0.25) is 0 Å². The number of para-hydroxylation sites is 1. The summed E-state index contributed by atoms with van der Waals surface area (Å²) in [7, 11) is 1.86. The van der Waals surface area contributed by atoms with Crippen LogP contribution in [0.4, 0.5) is 0 Å². The van der Waals surface area contributed by atoms with Crippen LogP contribution in [-0.2, 0) is 11.2 Å². The quantitative estimate of drug-likeness (QED) is 0.666. The predicted octanol–water partition coefficient (Wildman–Crippen LogP) is 1.68. The van der Waals surface area contributed by atoms with Crippen molar-refractivity contribution in [3.05, 3.63) is 29.8 Å². The molecule has 0 radical (unpaired) electrons. The van der Waals surface area contributed by atoms with Gasteiger partial charge in [0.05, 0.1) is 13.2 Å². The summed E-state index contributed by atoms with van der Waals surface area (Å²) < 4.78 is 11.6. The van der Waals surface area contributed by atoms with Crippen molar-refractivity contribution < 1.29 is 9.47 Å². The minimum absolute atomic E-state index is 0.190. The van der Waals surface area contributed by atoms with Crippen LogP contribution >= 0.6 is 0 Å². The summed E-state index contributed by atoms with van der Waals surface area (Å²) in [5.74, 6) is 2.02. The molecule has 3 aliphatic rings. The van der Waals surface area contributed by atoms with E-state index in [0.29, 0.717) is 5.41 Å². The Morgan fingerprint density at radius 1 is 1.39 bits per heavy atom. The van der Waals surface area contributed by atoms with E-state index in [4.69, 9.17) is 9.47 Å². The molecule has 0 aliphatic carbocycles. The van der Waals surface area contributed by atoms with Gasteiger partial charge in [0.1, 0.15) is 11.9 Å². The summed E-state index contributed by atoms with van der Waals surface area (Å²) >= 11 is 0. The molecule has 0 amide bonds. The van der Waals surface area contributed by atoms with Crippen LogP contribution in [-0.4, -0.2) is 56.9 Å². The van der Waals surface area contributed by atoms with Crippen LogP contribution in [0.2, 0.25) is 0 Å². The second-order valence-electron chi connectivity index (χ2n) is 6.95. The van der Waals surface area contributed by atoms with Crippen molar-refractivity contribution in [3.8, 4) is 5.75 Å². The Balaban J connectivity index is 1.32. The van der Waals surface area contributed by atoms with Crippen LogP contribution in [0.3, 0.4) is 0 Å². The predicted molar refractivity (Wildman–Crippen MR) is 90.0 cm³/mol. The van der Waals surface area contributed by atoms with Gasteiger partial charge in [-0.3, -0.25) is 4.99 Å². The first-order valence-corrected chi connectivity index (χ1v) is 8.56. The fourth-order valence-corrected chi connectivity index (χ4v) is 3.99. The van der Waals surface area contributed by atoms with E-state index in [1.807, 2.05) is 13.1 Å². The Kier molecular flexibility index (Phi) is 3.89. The maximum atomic E-state index is 6.00. The molecule has 0 aromatic heterocycles. The normalized spacial score (nSPS) is 29.9. The van der Waals surface area contributed by atoms with Crippen LogP contribution in [0.15, 0.2) is 29.3 Å². The number of ether oxygens (including phenoxy) is 2. The molecular formula is C18H25N3O2. The lowest BCUT2D eigenvalue weighted by Gasteiger charge is -2.25. The molecule has 2 atom stereocenters. The van der Waals surface area contributed by atoms with Gasteiger partial charge < -0.3 is 19.7 Å². The Morgan fingerprint density at radius 2 is 2.30 bits per heavy atom. The summed E-state index contributed by atoms with van der Waals surface area (Å²) in [4.78, 5) is 6.84. The van der Waals surface area contributed by atoms with Crippen LogP contribution in [0, 0.1) is 5.41 Å². The Labute approximate surface area is 137 Å². The topological polar surface area (TPSA) is 46.1 Å². The maximum absolute atomic E-state index is 6.00. The molecule has 3 aliphatic heterocycles. The monoisotopic (exact) mass is 315 g/mol. The summed E-state index contributed by atoms with van der Waals surface area (Å²) in [5.41, 5.74) is 1.66. The number of hydrogen-bond acceptors (Lipinski definition) is 3. The smallest absolute Gasteiger partial charge is 0.193 e. The van der Waals surface area contributed by atoms with Gasteiger partial charge in [-0.2, -0.15) is 0 Å². The van der Waals surface area contributed by atoms with Crippen molar-refractivity contribution in [3.63, 3.8) is 0 Å². The van der Waals surface area contributed by atoms with E-state index in [1.54, 1.807) is 0 Å². The molecule has 4 rings (SSSR count). The highest BCUT2D eigenvalue weighted by molar-refractivity contribution is 5.80. The lowest BCUT2D eigenvalue weighted by Crippen LogP contribution is -2.44. The zero-order valence-corrected chi connectivity index (χ0v) is 13.8. The number of fused-ring (bicyclic) bond motifs is 1. The molecule has 1 spiro atoms. The van der Waals surface area contributed by atoms with E-state index in [9.17, 15) is 0 Å². The SMILES string of the molecule is CN=C(NCC1Cc2ccccc2O1)N1CCC2(CCOC2)C1. The van der Waals surface area contributed by atoms with Gasteiger partial charge >= 0.3 is 0 Å². The molecule has 2 saturated heterocycles. The van der Waals surface area contributed by atoms with E-state index in [-0.39, 0.29) is 6.10 Å². The molecule has 2 fully saturated rings. The molecule has 5 nitrogen and oxygen atoms in total. The van der Waals surface area contributed by atoms with E-state index in [1.165, 1.54) is 18.4 Å². The number of benzene rings is 1. The van der Waals surface area contributed by atoms with E-state index >= 15 is 0 Å². The van der Waals surface area contributed by atoms with Gasteiger partial charge in [0, 0.05) is 38.6 Å². The highest BCUT2D eigenvalue weighted by atomic mass is 16.5. The summed E-state index contributed by atoms with van der Waals surface area (Å²) in [6.07, 6.45) is 3.55. The van der Waals surface area contributed by atoms with Crippen molar-refractivity contribution >= 4 is 5.96 Å². The molecule has 5 heteroatoms. The van der Waals surface area contributed by atoms with E-state index in [2.05, 4.69) is 33.4 Å². The van der Waals surface area contributed by atoms with Gasteiger partial charge in [-0.05, 0) is 24.5 Å². The van der Waals surface area contributed by atoms with Crippen molar-refractivity contribution in [1.82, 2.24) is 10.2 Å². The fourth-order valence-electron chi connectivity index (χ4n) is 3.99. The second kappa shape index (κ2) is 6.04. The lowest BCUT2D eigenvalue weighted by molar-refractivity contribution is 0.156. The number of nitrogens with zero attached hydrogens (tertiary/aromatic N) is 2. The third kappa shape index (κ3) is 2.90. The minimum Gasteiger partial charge on any atom is -0.488 e. The molecule has 23 heavy (non-hydrogen) atoms. The van der Waals surface area contributed by atoms with Crippen LogP contribution in [0.25, 0.3) is 0 Å². The first-order chi connectivity index (χ1) is 11.3. The second-order valence-corrected chi connectivity index (χ2v) is 6.95. The molecule has 124 valence electrons. The molecule has 0 bridgehead atoms. The highest BCUT2D eigenvalue weighted by Crippen LogP contribution is 2.38. The van der Waals surface area contributed by atoms with E-state index < -0.39 is 0 Å². The Hall–Kier alpha value is -1.75. The van der Waals surface area contributed by atoms with Crippen LogP contribution in [0.5, 0.6) is 5.75 Å². The fraction of sp³-hybridized carbons (Fsp3) is 0.611. The van der Waals surface area contributed by atoms with Crippen molar-refractivity contribution in [2.45, 2.75) is 25.4 Å². The van der Waals surface area contributed by atoms with Gasteiger partial charge in [0.15, 0.2) is 5.96 Å². The average Bonchev–Trinajstić information content (AvgIpc) is 3.29. The average molecular weight is 315 g/mol. The Bertz CT molecular complexity index is 571. The standard InChI is InChI=1S/C18H25N3O2/c1-19-17(21-8-6-18(12-21)7-9-22-13-18)20-11-15-10-14-4-2-3-5-16(14)23-15/h2-5,15H,6-13H2,1H3,(H,19,20). The third-order valence-electron chi connectivity index (χ3n) is 5.34. The molecule has 1 N–H and O–H groups in total. The molecule has 1 aromatic carbocycles. The molecule has 1 aromatic rings. The first-order valence-electron chi connectivity index (χ1n) is 8.56. The number of guanidine groups is 1. The number of hydrogen-bond donors (Lipinski definition) is 1. The van der Waals surface area contributed by atoms with Crippen LogP contribution in [0.1, 0.15) is 18.4 Å². The maximum Gasteiger partial charge on any atom is 0.193 e. The zero-order valence-electron chi connectivity index (χ0n) is 13.8. The number of rotatable bonds is 2. The number of nitrogens with one attached hydrogen (secondary N) is 1. The zero-order chi connectivity index (χ0) is 15.7.